The van der Waals surface area contributed by atoms with Gasteiger partial charge in [0.25, 0.3) is 0 Å². The number of methoxy groups -OCH3 is 2. The molecule has 0 spiro atoms. The Morgan fingerprint density at radius 1 is 1.21 bits per heavy atom. The standard InChI is InChI=1S/C14H24O5/c1-18-12-9-11(15)14(17)10(12)7-5-3-4-6-8-13(16)19-2/h11,14-15,17H,3-9H2,1-2H3. The maximum atomic E-state index is 10.9. The van der Waals surface area contributed by atoms with Crippen LogP contribution in [0, 0.1) is 0 Å². The average Bonchev–Trinajstić information content (AvgIpc) is 2.69. The lowest BCUT2D eigenvalue weighted by atomic mass is 10.0. The third kappa shape index (κ3) is 4.84. The minimum absolute atomic E-state index is 0.168. The van der Waals surface area contributed by atoms with E-state index < -0.39 is 12.2 Å². The Bertz CT molecular complexity index is 324. The van der Waals surface area contributed by atoms with Gasteiger partial charge in [0, 0.05) is 12.8 Å². The molecule has 19 heavy (non-hydrogen) atoms. The zero-order valence-electron chi connectivity index (χ0n) is 11.7. The van der Waals surface area contributed by atoms with Crippen molar-refractivity contribution in [3.63, 3.8) is 0 Å². The molecule has 1 rings (SSSR count). The van der Waals surface area contributed by atoms with E-state index in [2.05, 4.69) is 4.74 Å². The highest BCUT2D eigenvalue weighted by Gasteiger charge is 2.32. The van der Waals surface area contributed by atoms with Gasteiger partial charge in [0.2, 0.25) is 0 Å². The predicted molar refractivity (Wildman–Crippen MR) is 70.4 cm³/mol. The molecule has 5 nitrogen and oxygen atoms in total. The molecular weight excluding hydrogens is 248 g/mol. The summed E-state index contributed by atoms with van der Waals surface area (Å²) < 4.78 is 9.76. The van der Waals surface area contributed by atoms with Crippen molar-refractivity contribution >= 4 is 5.97 Å². The molecule has 0 amide bonds. The fourth-order valence-corrected chi connectivity index (χ4v) is 2.37. The number of carbonyl (C=O) groups is 1. The zero-order valence-corrected chi connectivity index (χ0v) is 11.7. The maximum Gasteiger partial charge on any atom is 0.305 e. The first-order chi connectivity index (χ1) is 9.10. The minimum Gasteiger partial charge on any atom is -0.501 e. The Kier molecular flexibility index (Phi) is 6.87. The van der Waals surface area contributed by atoms with Gasteiger partial charge in [-0.2, -0.15) is 0 Å². The molecule has 0 aliphatic heterocycles. The van der Waals surface area contributed by atoms with Crippen LogP contribution in [0.5, 0.6) is 0 Å². The lowest BCUT2D eigenvalue weighted by Crippen LogP contribution is -2.21. The van der Waals surface area contributed by atoms with E-state index >= 15 is 0 Å². The minimum atomic E-state index is -0.787. The van der Waals surface area contributed by atoms with Gasteiger partial charge in [0.15, 0.2) is 0 Å². The van der Waals surface area contributed by atoms with Gasteiger partial charge in [-0.15, -0.1) is 0 Å². The smallest absolute Gasteiger partial charge is 0.305 e. The molecule has 2 N–H and O–H groups in total. The third-order valence-corrected chi connectivity index (χ3v) is 3.53. The number of esters is 1. The first-order valence-electron chi connectivity index (χ1n) is 6.79. The van der Waals surface area contributed by atoms with Gasteiger partial charge in [0.1, 0.15) is 11.9 Å². The van der Waals surface area contributed by atoms with Gasteiger partial charge in [0.05, 0.1) is 20.3 Å². The highest BCUT2D eigenvalue weighted by molar-refractivity contribution is 5.68. The number of unbranched alkanes of at least 4 members (excludes halogenated alkanes) is 3. The lowest BCUT2D eigenvalue weighted by Gasteiger charge is -2.11. The monoisotopic (exact) mass is 272 g/mol. The molecule has 1 aliphatic rings. The molecule has 0 saturated heterocycles. The Morgan fingerprint density at radius 2 is 1.89 bits per heavy atom. The largest absolute Gasteiger partial charge is 0.501 e. The van der Waals surface area contributed by atoms with Crippen molar-refractivity contribution in [3.05, 3.63) is 11.3 Å². The summed E-state index contributed by atoms with van der Waals surface area (Å²) in [5.41, 5.74) is 0.822. The van der Waals surface area contributed by atoms with Gasteiger partial charge in [-0.05, 0) is 24.8 Å². The topological polar surface area (TPSA) is 76.0 Å². The summed E-state index contributed by atoms with van der Waals surface area (Å²) in [6.07, 6.45) is 3.78. The van der Waals surface area contributed by atoms with E-state index in [1.165, 1.54) is 7.11 Å². The summed E-state index contributed by atoms with van der Waals surface area (Å²) in [7, 11) is 2.96. The number of rotatable bonds is 8. The molecule has 0 bridgehead atoms. The fourth-order valence-electron chi connectivity index (χ4n) is 2.37. The van der Waals surface area contributed by atoms with Gasteiger partial charge in [-0.25, -0.2) is 0 Å². The second-order valence-electron chi connectivity index (χ2n) is 4.86. The van der Waals surface area contributed by atoms with Crippen LogP contribution in [-0.2, 0) is 14.3 Å². The Balaban J connectivity index is 2.20. The van der Waals surface area contributed by atoms with E-state index in [9.17, 15) is 15.0 Å². The molecule has 0 aromatic carbocycles. The van der Waals surface area contributed by atoms with Crippen LogP contribution < -0.4 is 0 Å². The van der Waals surface area contributed by atoms with Crippen LogP contribution in [0.1, 0.15) is 44.9 Å². The number of aliphatic hydroxyl groups excluding tert-OH is 2. The molecule has 0 heterocycles. The molecule has 0 fully saturated rings. The van der Waals surface area contributed by atoms with E-state index in [0.29, 0.717) is 12.8 Å². The Morgan fingerprint density at radius 3 is 2.53 bits per heavy atom. The highest BCUT2D eigenvalue weighted by Crippen LogP contribution is 2.31. The summed E-state index contributed by atoms with van der Waals surface area (Å²) >= 11 is 0. The van der Waals surface area contributed by atoms with Crippen LogP contribution in [0.15, 0.2) is 11.3 Å². The van der Waals surface area contributed by atoms with E-state index in [1.54, 1.807) is 7.11 Å². The predicted octanol–water partition coefficient (Wildman–Crippen LogP) is 1.53. The summed E-state index contributed by atoms with van der Waals surface area (Å²) in [4.78, 5) is 10.9. The van der Waals surface area contributed by atoms with Crippen molar-refractivity contribution in [2.24, 2.45) is 0 Å². The molecule has 110 valence electrons. The van der Waals surface area contributed by atoms with E-state index in [0.717, 1.165) is 43.4 Å². The quantitative estimate of drug-likeness (QED) is 0.517. The van der Waals surface area contributed by atoms with Crippen LogP contribution in [0.4, 0.5) is 0 Å². The van der Waals surface area contributed by atoms with Crippen molar-refractivity contribution in [2.75, 3.05) is 14.2 Å². The number of ether oxygens (including phenoxy) is 2. The van der Waals surface area contributed by atoms with Crippen LogP contribution in [-0.4, -0.2) is 42.6 Å². The average molecular weight is 272 g/mol. The second kappa shape index (κ2) is 8.17. The molecular formula is C14H24O5. The van der Waals surface area contributed by atoms with Crippen molar-refractivity contribution < 1.29 is 24.5 Å². The lowest BCUT2D eigenvalue weighted by molar-refractivity contribution is -0.140. The van der Waals surface area contributed by atoms with Crippen molar-refractivity contribution in [1.82, 2.24) is 0 Å². The van der Waals surface area contributed by atoms with Crippen LogP contribution in [0.3, 0.4) is 0 Å². The van der Waals surface area contributed by atoms with E-state index in [1.807, 2.05) is 0 Å². The van der Waals surface area contributed by atoms with Crippen LogP contribution in [0.2, 0.25) is 0 Å². The molecule has 2 atom stereocenters. The van der Waals surface area contributed by atoms with Crippen molar-refractivity contribution in [1.29, 1.82) is 0 Å². The first kappa shape index (κ1) is 16.0. The first-order valence-corrected chi connectivity index (χ1v) is 6.79. The Hall–Kier alpha value is -1.07. The van der Waals surface area contributed by atoms with E-state index in [-0.39, 0.29) is 5.97 Å². The summed E-state index contributed by atoms with van der Waals surface area (Å²) in [6, 6.07) is 0. The summed E-state index contributed by atoms with van der Waals surface area (Å²) in [5, 5.41) is 19.4. The molecule has 0 radical (unpaired) electrons. The van der Waals surface area contributed by atoms with Gasteiger partial charge < -0.3 is 19.7 Å². The van der Waals surface area contributed by atoms with Crippen LogP contribution >= 0.6 is 0 Å². The SMILES string of the molecule is COC(=O)CCCCCCC1=C(OC)CC(O)C1O. The second-order valence-corrected chi connectivity index (χ2v) is 4.86. The molecule has 0 aromatic rings. The fraction of sp³-hybridized carbons (Fsp3) is 0.786. The van der Waals surface area contributed by atoms with Gasteiger partial charge >= 0.3 is 5.97 Å². The number of carbonyl (C=O) groups excluding carboxylic acids is 1. The highest BCUT2D eigenvalue weighted by atomic mass is 16.5. The molecule has 2 unspecified atom stereocenters. The molecule has 1 aliphatic carbocycles. The van der Waals surface area contributed by atoms with E-state index in [4.69, 9.17) is 4.74 Å². The number of hydrogen-bond donors (Lipinski definition) is 2. The number of hydrogen-bond acceptors (Lipinski definition) is 5. The zero-order chi connectivity index (χ0) is 14.3. The van der Waals surface area contributed by atoms with Gasteiger partial charge in [-0.1, -0.05) is 12.8 Å². The van der Waals surface area contributed by atoms with Crippen molar-refractivity contribution in [2.45, 2.75) is 57.2 Å². The number of aliphatic hydroxyl groups is 2. The van der Waals surface area contributed by atoms with Crippen molar-refractivity contribution in [3.8, 4) is 0 Å². The molecule has 5 heteroatoms. The third-order valence-electron chi connectivity index (χ3n) is 3.53. The summed E-state index contributed by atoms with van der Waals surface area (Å²) in [5.74, 6) is 0.549. The molecule has 0 aromatic heterocycles. The summed E-state index contributed by atoms with van der Waals surface area (Å²) in [6.45, 7) is 0. The Labute approximate surface area is 114 Å². The van der Waals surface area contributed by atoms with Crippen LogP contribution in [0.25, 0.3) is 0 Å². The normalized spacial score (nSPS) is 22.7. The maximum absolute atomic E-state index is 10.9. The van der Waals surface area contributed by atoms with Gasteiger partial charge in [-0.3, -0.25) is 4.79 Å². The molecule has 0 saturated carbocycles.